The fourth-order valence-corrected chi connectivity index (χ4v) is 8.32. The number of aromatic nitrogens is 1. The zero-order chi connectivity index (χ0) is 34.9. The van der Waals surface area contributed by atoms with Crippen molar-refractivity contribution < 1.29 is 37.9 Å². The van der Waals surface area contributed by atoms with E-state index >= 15 is 0 Å². The number of methoxy groups -OCH3 is 2. The van der Waals surface area contributed by atoms with Gasteiger partial charge < -0.3 is 34.4 Å². The van der Waals surface area contributed by atoms with Crippen molar-refractivity contribution in [1.82, 2.24) is 15.2 Å². The summed E-state index contributed by atoms with van der Waals surface area (Å²) in [5, 5.41) is 9.04. The van der Waals surface area contributed by atoms with Gasteiger partial charge in [0.25, 0.3) is 11.5 Å². The molecule has 3 N–H and O–H groups in total. The van der Waals surface area contributed by atoms with Crippen LogP contribution in [0.2, 0.25) is 0 Å². The molecule has 13 nitrogen and oxygen atoms in total. The Hall–Kier alpha value is -5.20. The molecular weight excluding hydrogens is 632 g/mol. The predicted molar refractivity (Wildman–Crippen MR) is 177 cm³/mol. The third kappa shape index (κ3) is 6.36. The molecule has 0 spiro atoms. The van der Waals surface area contributed by atoms with E-state index in [0.717, 1.165) is 35.6 Å². The van der Waals surface area contributed by atoms with E-state index in [1.165, 1.54) is 44.7 Å². The van der Waals surface area contributed by atoms with Crippen molar-refractivity contribution in [2.75, 3.05) is 19.5 Å². The molecule has 0 aliphatic heterocycles. The number of carbonyl (C=O) groups excluding carboxylic acids is 5. The Morgan fingerprint density at radius 1 is 1.04 bits per heavy atom. The second-order valence-electron chi connectivity index (χ2n) is 13.2. The minimum absolute atomic E-state index is 0.00736. The van der Waals surface area contributed by atoms with E-state index in [-0.39, 0.29) is 42.7 Å². The van der Waals surface area contributed by atoms with Gasteiger partial charge in [0, 0.05) is 23.2 Å². The number of amides is 3. The van der Waals surface area contributed by atoms with Gasteiger partial charge in [-0.25, -0.2) is 9.59 Å². The van der Waals surface area contributed by atoms with Crippen LogP contribution in [-0.2, 0) is 35.2 Å². The first-order valence-corrected chi connectivity index (χ1v) is 16.5. The van der Waals surface area contributed by atoms with E-state index in [9.17, 15) is 28.8 Å². The first kappa shape index (κ1) is 33.7. The smallest absolute Gasteiger partial charge is 0.332 e. The van der Waals surface area contributed by atoms with Gasteiger partial charge in [-0.3, -0.25) is 19.2 Å². The van der Waals surface area contributed by atoms with Crippen molar-refractivity contribution in [1.29, 1.82) is 0 Å². The number of rotatable bonds is 12. The molecule has 4 saturated carbocycles. The first-order valence-electron chi connectivity index (χ1n) is 16.5. The number of hydrogen-bond donors (Lipinski definition) is 3. The summed E-state index contributed by atoms with van der Waals surface area (Å²) in [5.41, 5.74) is -0.729. The molecule has 258 valence electrons. The molecule has 4 aliphatic carbocycles. The number of carbonyl (C=O) groups is 5. The number of pyridine rings is 1. The zero-order valence-electron chi connectivity index (χ0n) is 27.7. The highest BCUT2D eigenvalue weighted by atomic mass is 16.5. The molecule has 6 atom stereocenters. The summed E-state index contributed by atoms with van der Waals surface area (Å²) in [5.74, 6) is -1.85. The van der Waals surface area contributed by atoms with E-state index in [2.05, 4.69) is 20.7 Å². The maximum absolute atomic E-state index is 13.6. The van der Waals surface area contributed by atoms with Crippen LogP contribution < -0.4 is 21.5 Å². The van der Waals surface area contributed by atoms with Gasteiger partial charge >= 0.3 is 11.9 Å². The number of furan rings is 1. The second kappa shape index (κ2) is 13.7. The first-order chi connectivity index (χ1) is 23.5. The topological polar surface area (TPSA) is 175 Å². The minimum atomic E-state index is -1.13. The number of benzene rings is 1. The van der Waals surface area contributed by atoms with Gasteiger partial charge in [0.05, 0.1) is 14.2 Å². The number of esters is 2. The monoisotopic (exact) mass is 672 g/mol. The highest BCUT2D eigenvalue weighted by Crippen LogP contribution is 2.63. The Labute approximate surface area is 282 Å². The van der Waals surface area contributed by atoms with Crippen molar-refractivity contribution in [3.63, 3.8) is 0 Å². The van der Waals surface area contributed by atoms with Gasteiger partial charge in [0.15, 0.2) is 5.76 Å². The summed E-state index contributed by atoms with van der Waals surface area (Å²) in [6, 6.07) is 8.95. The normalized spacial score (nSPS) is 24.1. The van der Waals surface area contributed by atoms with Crippen molar-refractivity contribution in [3.8, 4) is 0 Å². The third-order valence-corrected chi connectivity index (χ3v) is 10.4. The molecule has 49 heavy (non-hydrogen) atoms. The Balaban J connectivity index is 1.17. The standard InChI is InChI=1S/C36H40N4O9/c1-20-24-9-4-6-12-28(24)49-31(20)33(44)37-26(10-5-7-13-30(42)47-2)32(43)38-27-11-8-14-40(34(27)45)19-29(41)39-36(35(46)48-3)23-16-21-15-22(18-23)25(36)17-21/h4,6-9,11-14,21-23,25-26H,5,10,15-19H2,1-3H3,(H,37,44)(H,38,43)(H,39,41)/b13-7+/t21?,22?,23?,25?,26-,36?/m0/s1. The molecule has 0 saturated heterocycles. The van der Waals surface area contributed by atoms with Gasteiger partial charge in [-0.15, -0.1) is 0 Å². The number of fused-ring (bicyclic) bond motifs is 1. The fraction of sp³-hybridized carbons (Fsp3) is 0.444. The van der Waals surface area contributed by atoms with E-state index in [4.69, 9.17) is 9.15 Å². The molecule has 7 rings (SSSR count). The number of para-hydroxylation sites is 1. The lowest BCUT2D eigenvalue weighted by Gasteiger charge is -2.42. The van der Waals surface area contributed by atoms with Gasteiger partial charge in [0.1, 0.15) is 29.4 Å². The van der Waals surface area contributed by atoms with Crippen LogP contribution in [0.3, 0.4) is 0 Å². The summed E-state index contributed by atoms with van der Waals surface area (Å²) < 4.78 is 16.7. The minimum Gasteiger partial charge on any atom is -0.467 e. The van der Waals surface area contributed by atoms with Crippen LogP contribution in [0, 0.1) is 30.6 Å². The Morgan fingerprint density at radius 2 is 1.84 bits per heavy atom. The van der Waals surface area contributed by atoms with E-state index in [1.54, 1.807) is 19.1 Å². The molecule has 4 aliphatic rings. The average Bonchev–Trinajstić information content (AvgIpc) is 3.66. The quantitative estimate of drug-likeness (QED) is 0.193. The van der Waals surface area contributed by atoms with Crippen LogP contribution in [0.4, 0.5) is 5.69 Å². The molecule has 1 aromatic carbocycles. The number of anilines is 1. The zero-order valence-corrected chi connectivity index (χ0v) is 27.7. The molecule has 4 fully saturated rings. The molecule has 4 bridgehead atoms. The maximum atomic E-state index is 13.6. The number of hydrogen-bond acceptors (Lipinski definition) is 9. The number of aryl methyl sites for hydroxylation is 1. The van der Waals surface area contributed by atoms with E-state index in [0.29, 0.717) is 23.0 Å². The Kier molecular flexibility index (Phi) is 9.44. The van der Waals surface area contributed by atoms with Gasteiger partial charge in [-0.1, -0.05) is 24.3 Å². The molecule has 3 amide bonds. The summed E-state index contributed by atoms with van der Waals surface area (Å²) in [4.78, 5) is 78.6. The van der Waals surface area contributed by atoms with Crippen molar-refractivity contribution in [3.05, 3.63) is 76.4 Å². The lowest BCUT2D eigenvalue weighted by atomic mass is 9.70. The van der Waals surface area contributed by atoms with Gasteiger partial charge in [0.2, 0.25) is 11.8 Å². The van der Waals surface area contributed by atoms with E-state index < -0.39 is 46.8 Å². The summed E-state index contributed by atoms with van der Waals surface area (Å²) in [6.07, 6.45) is 8.10. The van der Waals surface area contributed by atoms with E-state index in [1.807, 2.05) is 12.1 Å². The van der Waals surface area contributed by atoms with Crippen LogP contribution in [0.1, 0.15) is 54.6 Å². The highest BCUT2D eigenvalue weighted by molar-refractivity contribution is 6.03. The van der Waals surface area contributed by atoms with Crippen LogP contribution >= 0.6 is 0 Å². The number of ether oxygens (including phenoxy) is 2. The number of nitrogens with one attached hydrogen (secondary N) is 3. The number of allylic oxidation sites excluding steroid dienone is 1. The number of nitrogens with zero attached hydrogens (tertiary/aromatic N) is 1. The Bertz CT molecular complexity index is 1890. The third-order valence-electron chi connectivity index (χ3n) is 10.4. The molecular formula is C36H40N4O9. The average molecular weight is 673 g/mol. The molecule has 0 radical (unpaired) electrons. The summed E-state index contributed by atoms with van der Waals surface area (Å²) in [7, 11) is 2.57. The Morgan fingerprint density at radius 3 is 2.57 bits per heavy atom. The van der Waals surface area contributed by atoms with Crippen LogP contribution in [0.5, 0.6) is 0 Å². The van der Waals surface area contributed by atoms with Crippen LogP contribution in [0.15, 0.2) is 64.0 Å². The fourth-order valence-electron chi connectivity index (χ4n) is 8.32. The van der Waals surface area contributed by atoms with Crippen molar-refractivity contribution in [2.24, 2.45) is 23.7 Å². The summed E-state index contributed by atoms with van der Waals surface area (Å²) in [6.45, 7) is 1.37. The van der Waals surface area contributed by atoms with Gasteiger partial charge in [-0.05, 0) is 87.3 Å². The van der Waals surface area contributed by atoms with Gasteiger partial charge in [-0.2, -0.15) is 0 Å². The van der Waals surface area contributed by atoms with Crippen molar-refractivity contribution >= 4 is 46.3 Å². The molecule has 5 unspecified atom stereocenters. The largest absolute Gasteiger partial charge is 0.467 e. The molecule has 2 heterocycles. The molecule has 3 aromatic rings. The molecule has 13 heteroatoms. The highest BCUT2D eigenvalue weighted by Gasteiger charge is 2.67. The van der Waals surface area contributed by atoms with Crippen LogP contribution in [-0.4, -0.2) is 60.0 Å². The predicted octanol–water partition coefficient (Wildman–Crippen LogP) is 3.24. The maximum Gasteiger partial charge on any atom is 0.332 e. The van der Waals surface area contributed by atoms with Crippen LogP contribution in [0.25, 0.3) is 11.0 Å². The SMILES string of the molecule is COC(=O)/C=C/CC[C@H](NC(=O)c1oc2ccccc2c1C)C(=O)Nc1cccn(CC(=O)NC2(C(=O)OC)C3CC4CC(C3)C2C4)c1=O. The lowest BCUT2D eigenvalue weighted by molar-refractivity contribution is -0.157. The lowest BCUT2D eigenvalue weighted by Crippen LogP contribution is -2.63. The molecule has 2 aromatic heterocycles. The van der Waals surface area contributed by atoms with Crippen molar-refractivity contribution in [2.45, 2.75) is 63.6 Å². The second-order valence-corrected chi connectivity index (χ2v) is 13.2. The summed E-state index contributed by atoms with van der Waals surface area (Å²) >= 11 is 0.